The minimum absolute atomic E-state index is 0.310. The molecule has 0 aromatic carbocycles. The number of rotatable bonds is 8. The molecular weight excluding hydrogens is 164 g/mol. The lowest BCUT2D eigenvalue weighted by Gasteiger charge is -2.14. The second-order valence-corrected chi connectivity index (χ2v) is 3.37. The first-order chi connectivity index (χ1) is 6.20. The van der Waals surface area contributed by atoms with E-state index in [0.29, 0.717) is 18.7 Å². The quantitative estimate of drug-likeness (QED) is 0.611. The lowest BCUT2D eigenvalue weighted by atomic mass is 10.2. The van der Waals surface area contributed by atoms with Crippen LogP contribution in [0.2, 0.25) is 0 Å². The summed E-state index contributed by atoms with van der Waals surface area (Å²) in [6.07, 6.45) is 1.82. The largest absolute Gasteiger partial charge is 0.310 e. The number of hydrogen-bond acceptors (Lipinski definition) is 3. The Bertz CT molecular complexity index is 137. The zero-order chi connectivity index (χ0) is 10.1. The molecule has 0 unspecified atom stereocenters. The van der Waals surface area contributed by atoms with Crippen molar-refractivity contribution in [2.45, 2.75) is 26.7 Å². The van der Waals surface area contributed by atoms with Crippen molar-refractivity contribution in [1.82, 2.24) is 10.2 Å². The molecule has 0 radical (unpaired) electrons. The maximum absolute atomic E-state index is 11.2. The van der Waals surface area contributed by atoms with Gasteiger partial charge in [0.25, 0.3) is 0 Å². The van der Waals surface area contributed by atoms with Crippen LogP contribution in [-0.2, 0) is 4.79 Å². The molecule has 0 rings (SSSR count). The van der Waals surface area contributed by atoms with Crippen molar-refractivity contribution in [2.24, 2.45) is 0 Å². The highest BCUT2D eigenvalue weighted by molar-refractivity contribution is 5.80. The Morgan fingerprint density at radius 3 is 2.54 bits per heavy atom. The molecule has 0 fully saturated rings. The van der Waals surface area contributed by atoms with Crippen LogP contribution in [0.5, 0.6) is 0 Å². The number of likely N-dealkylation sites (N-methyl/N-ethyl adjacent to an activating group) is 1. The van der Waals surface area contributed by atoms with Crippen molar-refractivity contribution in [3.63, 3.8) is 0 Å². The minimum atomic E-state index is 0.310. The summed E-state index contributed by atoms with van der Waals surface area (Å²) in [5.41, 5.74) is 0. The van der Waals surface area contributed by atoms with Crippen LogP contribution in [0.3, 0.4) is 0 Å². The zero-order valence-corrected chi connectivity index (χ0v) is 9.10. The first kappa shape index (κ1) is 12.6. The number of nitrogens with one attached hydrogen (secondary N) is 1. The summed E-state index contributed by atoms with van der Waals surface area (Å²) in [4.78, 5) is 13.4. The molecule has 0 saturated heterocycles. The lowest BCUT2D eigenvalue weighted by Crippen LogP contribution is -2.27. The Labute approximate surface area is 81.5 Å². The molecule has 0 saturated carbocycles. The first-order valence-electron chi connectivity index (χ1n) is 5.11. The monoisotopic (exact) mass is 186 g/mol. The predicted molar refractivity (Wildman–Crippen MR) is 56.0 cm³/mol. The van der Waals surface area contributed by atoms with Gasteiger partial charge < -0.3 is 10.2 Å². The number of nitrogens with zero attached hydrogens (tertiary/aromatic N) is 1. The van der Waals surface area contributed by atoms with Gasteiger partial charge in [0, 0.05) is 13.0 Å². The van der Waals surface area contributed by atoms with Crippen LogP contribution in [-0.4, -0.2) is 43.9 Å². The molecule has 0 aliphatic rings. The molecule has 0 aromatic heterocycles. The van der Waals surface area contributed by atoms with Gasteiger partial charge in [-0.25, -0.2) is 0 Å². The highest BCUT2D eigenvalue weighted by atomic mass is 16.1. The van der Waals surface area contributed by atoms with E-state index in [1.807, 2.05) is 6.92 Å². The average molecular weight is 186 g/mol. The van der Waals surface area contributed by atoms with Gasteiger partial charge >= 0.3 is 0 Å². The fourth-order valence-corrected chi connectivity index (χ4v) is 1.16. The number of ketones is 1. The smallest absolute Gasteiger partial charge is 0.147 e. The Morgan fingerprint density at radius 1 is 1.31 bits per heavy atom. The van der Waals surface area contributed by atoms with Crippen LogP contribution in [0, 0.1) is 0 Å². The third-order valence-electron chi connectivity index (χ3n) is 1.95. The number of hydrogen-bond donors (Lipinski definition) is 1. The van der Waals surface area contributed by atoms with E-state index in [0.717, 1.165) is 26.1 Å². The van der Waals surface area contributed by atoms with Gasteiger partial charge in [0.2, 0.25) is 0 Å². The van der Waals surface area contributed by atoms with Crippen molar-refractivity contribution in [1.29, 1.82) is 0 Å². The molecule has 0 aliphatic carbocycles. The van der Waals surface area contributed by atoms with Gasteiger partial charge in [-0.3, -0.25) is 4.79 Å². The maximum Gasteiger partial charge on any atom is 0.147 e. The van der Waals surface area contributed by atoms with Crippen LogP contribution in [0.4, 0.5) is 0 Å². The summed E-state index contributed by atoms with van der Waals surface area (Å²) in [5.74, 6) is 0.310. The fourth-order valence-electron chi connectivity index (χ4n) is 1.16. The van der Waals surface area contributed by atoms with Gasteiger partial charge in [-0.15, -0.1) is 0 Å². The molecule has 0 heterocycles. The second-order valence-electron chi connectivity index (χ2n) is 3.37. The first-order valence-corrected chi connectivity index (χ1v) is 5.11. The zero-order valence-electron chi connectivity index (χ0n) is 9.10. The van der Waals surface area contributed by atoms with E-state index in [4.69, 9.17) is 0 Å². The Kier molecular flexibility index (Phi) is 7.94. The molecule has 0 aliphatic heterocycles. The second kappa shape index (κ2) is 8.20. The molecular formula is C10H22N2O. The van der Waals surface area contributed by atoms with E-state index in [2.05, 4.69) is 24.2 Å². The molecule has 0 bridgehead atoms. The van der Waals surface area contributed by atoms with E-state index < -0.39 is 0 Å². The molecule has 13 heavy (non-hydrogen) atoms. The van der Waals surface area contributed by atoms with Crippen LogP contribution in [0.1, 0.15) is 26.7 Å². The van der Waals surface area contributed by atoms with Crippen molar-refractivity contribution < 1.29 is 4.79 Å². The third kappa shape index (κ3) is 7.94. The van der Waals surface area contributed by atoms with Gasteiger partial charge in [-0.1, -0.05) is 13.8 Å². The molecule has 0 atom stereocenters. The highest BCUT2D eigenvalue weighted by Gasteiger charge is 2.02. The van der Waals surface area contributed by atoms with Crippen LogP contribution in [0.15, 0.2) is 0 Å². The van der Waals surface area contributed by atoms with E-state index in [9.17, 15) is 4.79 Å². The third-order valence-corrected chi connectivity index (χ3v) is 1.95. The number of carbonyl (C=O) groups is 1. The topological polar surface area (TPSA) is 32.3 Å². The summed E-state index contributed by atoms with van der Waals surface area (Å²) in [5, 5.41) is 3.04. The van der Waals surface area contributed by atoms with Crippen molar-refractivity contribution in [3.05, 3.63) is 0 Å². The molecule has 0 amide bonds. The van der Waals surface area contributed by atoms with E-state index in [1.165, 1.54) is 0 Å². The Morgan fingerprint density at radius 2 is 2.00 bits per heavy atom. The van der Waals surface area contributed by atoms with Gasteiger partial charge in [0.1, 0.15) is 5.78 Å². The molecule has 0 aromatic rings. The highest BCUT2D eigenvalue weighted by Crippen LogP contribution is 1.90. The summed E-state index contributed by atoms with van der Waals surface area (Å²) < 4.78 is 0. The standard InChI is InChI=1S/C10H22N2O/c1-4-7-12(3)8-6-10(13)9-11-5-2/h11H,4-9H2,1-3H3. The number of Topliss-reactive ketones (excluding diaryl/α,β-unsaturated/α-hetero) is 1. The molecule has 78 valence electrons. The Balaban J connectivity index is 3.34. The Hall–Kier alpha value is -0.410. The molecule has 0 spiro atoms. The molecule has 3 heteroatoms. The van der Waals surface area contributed by atoms with Crippen LogP contribution < -0.4 is 5.32 Å². The average Bonchev–Trinajstić information content (AvgIpc) is 2.12. The van der Waals surface area contributed by atoms with Crippen LogP contribution >= 0.6 is 0 Å². The van der Waals surface area contributed by atoms with Crippen molar-refractivity contribution >= 4 is 5.78 Å². The maximum atomic E-state index is 11.2. The normalized spacial score (nSPS) is 10.8. The number of carbonyl (C=O) groups excluding carboxylic acids is 1. The van der Waals surface area contributed by atoms with Gasteiger partial charge in [-0.2, -0.15) is 0 Å². The van der Waals surface area contributed by atoms with Gasteiger partial charge in [-0.05, 0) is 26.6 Å². The molecule has 3 nitrogen and oxygen atoms in total. The van der Waals surface area contributed by atoms with Gasteiger partial charge in [0.15, 0.2) is 0 Å². The van der Waals surface area contributed by atoms with Crippen LogP contribution in [0.25, 0.3) is 0 Å². The van der Waals surface area contributed by atoms with E-state index >= 15 is 0 Å². The fraction of sp³-hybridized carbons (Fsp3) is 0.900. The van der Waals surface area contributed by atoms with E-state index in [-0.39, 0.29) is 0 Å². The predicted octanol–water partition coefficient (Wildman–Crippen LogP) is 0.897. The molecule has 1 N–H and O–H groups in total. The lowest BCUT2D eigenvalue weighted by molar-refractivity contribution is -0.118. The SMILES string of the molecule is CCCN(C)CCC(=O)CNCC. The van der Waals surface area contributed by atoms with Crippen molar-refractivity contribution in [2.75, 3.05) is 33.2 Å². The summed E-state index contributed by atoms with van der Waals surface area (Å²) in [7, 11) is 2.06. The van der Waals surface area contributed by atoms with E-state index in [1.54, 1.807) is 0 Å². The minimum Gasteiger partial charge on any atom is -0.310 e. The van der Waals surface area contributed by atoms with Crippen molar-refractivity contribution in [3.8, 4) is 0 Å². The van der Waals surface area contributed by atoms with Gasteiger partial charge in [0.05, 0.1) is 6.54 Å². The summed E-state index contributed by atoms with van der Waals surface area (Å²) in [6, 6.07) is 0. The summed E-state index contributed by atoms with van der Waals surface area (Å²) >= 11 is 0. The summed E-state index contributed by atoms with van der Waals surface area (Å²) in [6.45, 7) is 7.52.